The molecule has 0 spiro atoms. The molecule has 154 valence electrons. The van der Waals surface area contributed by atoms with Gasteiger partial charge in [-0.05, 0) is 58.3 Å². The summed E-state index contributed by atoms with van der Waals surface area (Å²) in [5.41, 5.74) is 0. The van der Waals surface area contributed by atoms with Crippen molar-refractivity contribution in [3.8, 4) is 0 Å². The molecule has 0 aliphatic heterocycles. The summed E-state index contributed by atoms with van der Waals surface area (Å²) >= 11 is 0. The Morgan fingerprint density at radius 1 is 1.00 bits per heavy atom. The Hall–Kier alpha value is -0.0800. The Morgan fingerprint density at radius 3 is 2.35 bits per heavy atom. The second-order valence-electron chi connectivity index (χ2n) is 7.60. The van der Waals surface area contributed by atoms with E-state index >= 15 is 0 Å². The van der Waals surface area contributed by atoms with Gasteiger partial charge >= 0.3 is 0 Å². The maximum Gasteiger partial charge on any atom is 0.191 e. The fourth-order valence-electron chi connectivity index (χ4n) is 3.80. The summed E-state index contributed by atoms with van der Waals surface area (Å²) in [5.74, 6) is 0.925. The molecule has 2 saturated carbocycles. The van der Waals surface area contributed by atoms with Gasteiger partial charge < -0.3 is 20.5 Å². The molecule has 2 aliphatic carbocycles. The standard InChI is InChI=1S/C20H39N3O2.HI/c1-2-21-20(23-17-11-13-18(24)14-12-17)22-15-7-8-16-25-19-9-5-3-4-6-10-19;/h17-19,24H,2-16H2,1H3,(H2,21,22,23);1H. The summed E-state index contributed by atoms with van der Waals surface area (Å²) in [7, 11) is 0. The molecule has 0 aromatic rings. The highest BCUT2D eigenvalue weighted by atomic mass is 127. The zero-order chi connectivity index (χ0) is 17.7. The van der Waals surface area contributed by atoms with Crippen LogP contribution in [0.2, 0.25) is 0 Å². The number of nitrogens with one attached hydrogen (secondary N) is 2. The van der Waals surface area contributed by atoms with Crippen molar-refractivity contribution in [1.29, 1.82) is 0 Å². The number of aliphatic hydroxyl groups excluding tert-OH is 1. The Morgan fingerprint density at radius 2 is 1.69 bits per heavy atom. The number of aliphatic imine (C=N–C) groups is 1. The molecule has 0 saturated heterocycles. The van der Waals surface area contributed by atoms with Gasteiger partial charge in [-0.25, -0.2) is 0 Å². The van der Waals surface area contributed by atoms with E-state index in [-0.39, 0.29) is 30.1 Å². The van der Waals surface area contributed by atoms with Crippen LogP contribution in [-0.2, 0) is 4.74 Å². The molecule has 5 nitrogen and oxygen atoms in total. The first-order valence-corrected chi connectivity index (χ1v) is 10.6. The third-order valence-corrected chi connectivity index (χ3v) is 5.36. The van der Waals surface area contributed by atoms with Gasteiger partial charge in [-0.15, -0.1) is 24.0 Å². The van der Waals surface area contributed by atoms with E-state index in [4.69, 9.17) is 9.73 Å². The number of rotatable bonds is 8. The van der Waals surface area contributed by atoms with Crippen molar-refractivity contribution in [3.05, 3.63) is 0 Å². The fraction of sp³-hybridized carbons (Fsp3) is 0.950. The Labute approximate surface area is 177 Å². The number of ether oxygens (including phenoxy) is 1. The van der Waals surface area contributed by atoms with Crippen molar-refractivity contribution in [1.82, 2.24) is 10.6 Å². The molecule has 0 bridgehead atoms. The molecule has 0 radical (unpaired) electrons. The van der Waals surface area contributed by atoms with Crippen LogP contribution in [0.4, 0.5) is 0 Å². The van der Waals surface area contributed by atoms with E-state index in [1.807, 2.05) is 0 Å². The van der Waals surface area contributed by atoms with E-state index in [0.717, 1.165) is 64.2 Å². The Kier molecular flexibility index (Phi) is 13.7. The largest absolute Gasteiger partial charge is 0.393 e. The van der Waals surface area contributed by atoms with Crippen LogP contribution in [0.3, 0.4) is 0 Å². The van der Waals surface area contributed by atoms with E-state index in [1.165, 1.54) is 38.5 Å². The van der Waals surface area contributed by atoms with Crippen LogP contribution in [0.5, 0.6) is 0 Å². The predicted octanol–water partition coefficient (Wildman–Crippen LogP) is 3.98. The molecule has 2 fully saturated rings. The molecule has 0 aromatic carbocycles. The normalized spacial score (nSPS) is 25.2. The van der Waals surface area contributed by atoms with Crippen molar-refractivity contribution in [3.63, 3.8) is 0 Å². The first kappa shape index (κ1) is 24.0. The van der Waals surface area contributed by atoms with E-state index < -0.39 is 0 Å². The monoisotopic (exact) mass is 481 g/mol. The zero-order valence-corrected chi connectivity index (χ0v) is 18.9. The first-order valence-electron chi connectivity index (χ1n) is 10.6. The second-order valence-corrected chi connectivity index (χ2v) is 7.60. The number of unbranched alkanes of at least 4 members (excludes halogenated alkanes) is 1. The molecule has 2 rings (SSSR count). The van der Waals surface area contributed by atoms with Gasteiger partial charge in [-0.3, -0.25) is 4.99 Å². The van der Waals surface area contributed by atoms with Gasteiger partial charge in [-0.2, -0.15) is 0 Å². The highest BCUT2D eigenvalue weighted by molar-refractivity contribution is 14.0. The highest BCUT2D eigenvalue weighted by Crippen LogP contribution is 2.20. The van der Waals surface area contributed by atoms with E-state index in [9.17, 15) is 5.11 Å². The summed E-state index contributed by atoms with van der Waals surface area (Å²) < 4.78 is 6.05. The number of aliphatic hydroxyl groups is 1. The molecule has 26 heavy (non-hydrogen) atoms. The molecule has 0 aromatic heterocycles. The van der Waals surface area contributed by atoms with Gasteiger partial charge in [-0.1, -0.05) is 25.7 Å². The van der Waals surface area contributed by atoms with Crippen LogP contribution in [0, 0.1) is 0 Å². The first-order chi connectivity index (χ1) is 12.3. The van der Waals surface area contributed by atoms with Crippen molar-refractivity contribution >= 4 is 29.9 Å². The van der Waals surface area contributed by atoms with Gasteiger partial charge in [0.15, 0.2) is 5.96 Å². The van der Waals surface area contributed by atoms with Crippen LogP contribution < -0.4 is 10.6 Å². The van der Waals surface area contributed by atoms with Crippen LogP contribution in [0.15, 0.2) is 4.99 Å². The maximum absolute atomic E-state index is 9.61. The van der Waals surface area contributed by atoms with Gasteiger partial charge in [0.2, 0.25) is 0 Å². The Bertz CT molecular complexity index is 366. The molecule has 0 heterocycles. The zero-order valence-electron chi connectivity index (χ0n) is 16.5. The third-order valence-electron chi connectivity index (χ3n) is 5.36. The van der Waals surface area contributed by atoms with Crippen molar-refractivity contribution in [2.24, 2.45) is 4.99 Å². The molecular weight excluding hydrogens is 441 g/mol. The predicted molar refractivity (Wildman–Crippen MR) is 119 cm³/mol. The Balaban J connectivity index is 0.00000338. The van der Waals surface area contributed by atoms with Crippen molar-refractivity contribution in [2.75, 3.05) is 19.7 Å². The minimum absolute atomic E-state index is 0. The highest BCUT2D eigenvalue weighted by Gasteiger charge is 2.19. The quantitative estimate of drug-likeness (QED) is 0.161. The van der Waals surface area contributed by atoms with Crippen LogP contribution in [0.25, 0.3) is 0 Å². The van der Waals surface area contributed by atoms with Gasteiger partial charge in [0.05, 0.1) is 12.2 Å². The number of nitrogens with zero attached hydrogens (tertiary/aromatic N) is 1. The van der Waals surface area contributed by atoms with Crippen LogP contribution in [0.1, 0.15) is 84.0 Å². The van der Waals surface area contributed by atoms with E-state index in [2.05, 4.69) is 17.6 Å². The minimum Gasteiger partial charge on any atom is -0.393 e. The lowest BCUT2D eigenvalue weighted by molar-refractivity contribution is 0.0413. The third kappa shape index (κ3) is 10.3. The SMILES string of the molecule is CCNC(=NCCCCOC1CCCCCC1)NC1CCC(O)CC1.I. The molecular formula is C20H40IN3O2. The molecule has 6 heteroatoms. The topological polar surface area (TPSA) is 65.9 Å². The summed E-state index contributed by atoms with van der Waals surface area (Å²) in [4.78, 5) is 4.70. The second kappa shape index (κ2) is 14.9. The van der Waals surface area contributed by atoms with E-state index in [1.54, 1.807) is 0 Å². The van der Waals surface area contributed by atoms with Gasteiger partial charge in [0.1, 0.15) is 0 Å². The molecule has 0 unspecified atom stereocenters. The summed E-state index contributed by atoms with van der Waals surface area (Å²) in [6.07, 6.45) is 14.4. The number of hydrogen-bond acceptors (Lipinski definition) is 3. The van der Waals surface area contributed by atoms with E-state index in [0.29, 0.717) is 12.1 Å². The van der Waals surface area contributed by atoms with Crippen LogP contribution in [-0.4, -0.2) is 49.0 Å². The smallest absolute Gasteiger partial charge is 0.191 e. The molecule has 2 aliphatic rings. The molecule has 0 atom stereocenters. The lowest BCUT2D eigenvalue weighted by Crippen LogP contribution is -2.45. The average Bonchev–Trinajstić information content (AvgIpc) is 2.89. The van der Waals surface area contributed by atoms with Gasteiger partial charge in [0, 0.05) is 25.7 Å². The summed E-state index contributed by atoms with van der Waals surface area (Å²) in [5, 5.41) is 16.5. The number of guanidine groups is 1. The van der Waals surface area contributed by atoms with Crippen molar-refractivity contribution in [2.45, 2.75) is 102 Å². The summed E-state index contributed by atoms with van der Waals surface area (Å²) in [6.45, 7) is 4.71. The molecule has 0 amide bonds. The number of halogens is 1. The van der Waals surface area contributed by atoms with Crippen molar-refractivity contribution < 1.29 is 9.84 Å². The average molecular weight is 481 g/mol. The minimum atomic E-state index is -0.106. The number of hydrogen-bond donors (Lipinski definition) is 3. The maximum atomic E-state index is 9.61. The summed E-state index contributed by atoms with van der Waals surface area (Å²) in [6, 6.07) is 0.444. The van der Waals surface area contributed by atoms with Crippen LogP contribution >= 0.6 is 24.0 Å². The molecule has 3 N–H and O–H groups in total. The lowest BCUT2D eigenvalue weighted by atomic mass is 9.93. The fourth-order valence-corrected chi connectivity index (χ4v) is 3.80. The lowest BCUT2D eigenvalue weighted by Gasteiger charge is -2.27. The van der Waals surface area contributed by atoms with Gasteiger partial charge in [0.25, 0.3) is 0 Å².